The molecule has 1 aliphatic rings. The smallest absolute Gasteiger partial charge is 0.273 e. The predicted octanol–water partition coefficient (Wildman–Crippen LogP) is 5.64. The molecule has 1 fully saturated rings. The zero-order valence-corrected chi connectivity index (χ0v) is 28.3. The maximum Gasteiger partial charge on any atom is 0.273 e. The van der Waals surface area contributed by atoms with Gasteiger partial charge in [0, 0.05) is 29.2 Å². The molecule has 0 heterocycles. The maximum atomic E-state index is 14.3. The molecule has 3 aromatic rings. The SMILES string of the molecule is COc1cccc(CN(C(=O)CN(c2cc(Cl)ccc2OC)S(=O)(=O)c2ccc(C)c([N+](=O)[O-])c2)C(C)C(=O)NC2CCCCC2)c1. The van der Waals surface area contributed by atoms with Gasteiger partial charge in [0.25, 0.3) is 15.7 Å². The molecule has 3 aromatic carbocycles. The number of carbonyl (C=O) groups excluding carboxylic acids is 2. The van der Waals surface area contributed by atoms with Crippen LogP contribution in [-0.2, 0) is 26.2 Å². The van der Waals surface area contributed by atoms with Gasteiger partial charge in [0.2, 0.25) is 11.8 Å². The van der Waals surface area contributed by atoms with E-state index in [1.54, 1.807) is 31.2 Å². The van der Waals surface area contributed by atoms with Gasteiger partial charge < -0.3 is 19.7 Å². The molecule has 47 heavy (non-hydrogen) atoms. The van der Waals surface area contributed by atoms with Crippen molar-refractivity contribution < 1.29 is 32.4 Å². The fourth-order valence-corrected chi connectivity index (χ4v) is 7.17. The van der Waals surface area contributed by atoms with Gasteiger partial charge in [0.15, 0.2) is 0 Å². The molecule has 252 valence electrons. The average molecular weight is 687 g/mol. The third-order valence-corrected chi connectivity index (χ3v) is 10.3. The van der Waals surface area contributed by atoms with Gasteiger partial charge in [-0.2, -0.15) is 0 Å². The Morgan fingerprint density at radius 2 is 1.77 bits per heavy atom. The van der Waals surface area contributed by atoms with E-state index in [0.717, 1.165) is 42.5 Å². The highest BCUT2D eigenvalue weighted by atomic mass is 35.5. The van der Waals surface area contributed by atoms with Crippen LogP contribution in [0.3, 0.4) is 0 Å². The van der Waals surface area contributed by atoms with Crippen molar-refractivity contribution in [2.45, 2.75) is 69.5 Å². The van der Waals surface area contributed by atoms with E-state index in [4.69, 9.17) is 21.1 Å². The summed E-state index contributed by atoms with van der Waals surface area (Å²) < 4.78 is 40.2. The van der Waals surface area contributed by atoms with E-state index in [0.29, 0.717) is 11.3 Å². The number of ether oxygens (including phenoxy) is 2. The number of nitro benzene ring substituents is 1. The second-order valence-electron chi connectivity index (χ2n) is 11.4. The van der Waals surface area contributed by atoms with Gasteiger partial charge in [-0.25, -0.2) is 8.42 Å². The predicted molar refractivity (Wildman–Crippen MR) is 178 cm³/mol. The summed E-state index contributed by atoms with van der Waals surface area (Å²) in [5, 5.41) is 14.9. The first-order valence-corrected chi connectivity index (χ1v) is 17.0. The van der Waals surface area contributed by atoms with Crippen LogP contribution in [0.15, 0.2) is 65.6 Å². The van der Waals surface area contributed by atoms with E-state index in [1.165, 1.54) is 56.4 Å². The number of carbonyl (C=O) groups is 2. The molecule has 1 unspecified atom stereocenters. The molecular formula is C33H39ClN4O8S. The van der Waals surface area contributed by atoms with Crippen molar-refractivity contribution in [3.05, 3.63) is 86.9 Å². The number of nitro groups is 1. The summed E-state index contributed by atoms with van der Waals surface area (Å²) in [5.41, 5.74) is 0.457. The Hall–Kier alpha value is -4.36. The number of hydrogen-bond acceptors (Lipinski definition) is 8. The first kappa shape index (κ1) is 35.5. The first-order valence-electron chi connectivity index (χ1n) is 15.2. The lowest BCUT2D eigenvalue weighted by Gasteiger charge is -2.33. The van der Waals surface area contributed by atoms with Crippen molar-refractivity contribution in [1.82, 2.24) is 10.2 Å². The normalized spacial score (nSPS) is 14.1. The second-order valence-corrected chi connectivity index (χ2v) is 13.7. The second kappa shape index (κ2) is 15.5. The molecule has 4 rings (SSSR count). The number of hydrogen-bond donors (Lipinski definition) is 1. The van der Waals surface area contributed by atoms with Gasteiger partial charge in [-0.3, -0.25) is 24.0 Å². The lowest BCUT2D eigenvalue weighted by molar-refractivity contribution is -0.385. The molecule has 14 heteroatoms. The summed E-state index contributed by atoms with van der Waals surface area (Å²) in [6.45, 7) is 2.28. The lowest BCUT2D eigenvalue weighted by Crippen LogP contribution is -2.53. The van der Waals surface area contributed by atoms with E-state index in [9.17, 15) is 28.1 Å². The fraction of sp³-hybridized carbons (Fsp3) is 0.394. The van der Waals surface area contributed by atoms with Crippen LogP contribution >= 0.6 is 11.6 Å². The van der Waals surface area contributed by atoms with Crippen molar-refractivity contribution in [3.8, 4) is 11.5 Å². The Balaban J connectivity index is 1.78. The summed E-state index contributed by atoms with van der Waals surface area (Å²) in [7, 11) is -1.79. The number of aryl methyl sites for hydroxylation is 1. The zero-order valence-electron chi connectivity index (χ0n) is 26.8. The molecule has 12 nitrogen and oxygen atoms in total. The van der Waals surface area contributed by atoms with Crippen LogP contribution in [0.4, 0.5) is 11.4 Å². The van der Waals surface area contributed by atoms with Crippen LogP contribution in [0.5, 0.6) is 11.5 Å². The van der Waals surface area contributed by atoms with Gasteiger partial charge in [-0.15, -0.1) is 0 Å². The molecule has 0 saturated heterocycles. The number of rotatable bonds is 13. The number of benzene rings is 3. The highest BCUT2D eigenvalue weighted by Crippen LogP contribution is 2.36. The lowest BCUT2D eigenvalue weighted by atomic mass is 9.95. The van der Waals surface area contributed by atoms with Crippen LogP contribution in [0.25, 0.3) is 0 Å². The standard InChI is InChI=1S/C33H39ClN4O8S/c1-22-13-15-28(19-29(22)38(41)42)47(43,44)37(30-18-25(34)14-16-31(30)46-4)21-32(39)36(20-24-9-8-12-27(17-24)45-3)23(2)33(40)35-26-10-6-5-7-11-26/h8-9,12-19,23,26H,5-7,10-11,20-21H2,1-4H3,(H,35,40). The number of anilines is 1. The van der Waals surface area contributed by atoms with Crippen molar-refractivity contribution in [2.24, 2.45) is 0 Å². The van der Waals surface area contributed by atoms with E-state index in [-0.39, 0.29) is 40.5 Å². The quantitative estimate of drug-likeness (QED) is 0.180. The van der Waals surface area contributed by atoms with Crippen molar-refractivity contribution in [3.63, 3.8) is 0 Å². The third kappa shape index (κ3) is 8.52. The topological polar surface area (TPSA) is 148 Å². The molecule has 1 N–H and O–H groups in total. The van der Waals surface area contributed by atoms with Crippen molar-refractivity contribution in [2.75, 3.05) is 25.1 Å². The molecule has 2 amide bonds. The zero-order chi connectivity index (χ0) is 34.3. The summed E-state index contributed by atoms with van der Waals surface area (Å²) in [6.07, 6.45) is 4.77. The Bertz CT molecular complexity index is 1730. The Kier molecular flexibility index (Phi) is 11.7. The van der Waals surface area contributed by atoms with Gasteiger partial charge in [-0.05, 0) is 68.7 Å². The largest absolute Gasteiger partial charge is 0.497 e. The number of amides is 2. The Morgan fingerprint density at radius 3 is 2.43 bits per heavy atom. The Morgan fingerprint density at radius 1 is 1.04 bits per heavy atom. The van der Waals surface area contributed by atoms with Crippen LogP contribution in [-0.4, -0.2) is 62.9 Å². The van der Waals surface area contributed by atoms with Crippen LogP contribution in [0.2, 0.25) is 5.02 Å². The van der Waals surface area contributed by atoms with Gasteiger partial charge >= 0.3 is 0 Å². The minimum atomic E-state index is -4.63. The number of nitrogens with zero attached hydrogens (tertiary/aromatic N) is 3. The van der Waals surface area contributed by atoms with E-state index in [1.807, 2.05) is 0 Å². The Labute approximate surface area is 279 Å². The minimum Gasteiger partial charge on any atom is -0.497 e. The maximum absolute atomic E-state index is 14.3. The fourth-order valence-electron chi connectivity index (χ4n) is 5.56. The number of nitrogens with one attached hydrogen (secondary N) is 1. The average Bonchev–Trinajstić information content (AvgIpc) is 3.06. The summed E-state index contributed by atoms with van der Waals surface area (Å²) in [6, 6.07) is 13.8. The molecule has 0 bridgehead atoms. The summed E-state index contributed by atoms with van der Waals surface area (Å²) >= 11 is 6.29. The van der Waals surface area contributed by atoms with Crippen LogP contribution in [0.1, 0.15) is 50.2 Å². The first-order chi connectivity index (χ1) is 22.3. The van der Waals surface area contributed by atoms with Crippen LogP contribution in [0, 0.1) is 17.0 Å². The third-order valence-electron chi connectivity index (χ3n) is 8.26. The molecule has 0 spiro atoms. The highest BCUT2D eigenvalue weighted by molar-refractivity contribution is 7.92. The highest BCUT2D eigenvalue weighted by Gasteiger charge is 2.35. The van der Waals surface area contributed by atoms with Crippen molar-refractivity contribution in [1.29, 1.82) is 0 Å². The van der Waals surface area contributed by atoms with Crippen molar-refractivity contribution >= 4 is 44.8 Å². The van der Waals surface area contributed by atoms with E-state index >= 15 is 0 Å². The van der Waals surface area contributed by atoms with Crippen LogP contribution < -0.4 is 19.1 Å². The molecule has 0 aliphatic heterocycles. The minimum absolute atomic E-state index is 0.0163. The number of methoxy groups -OCH3 is 2. The molecule has 0 radical (unpaired) electrons. The number of halogens is 1. The van der Waals surface area contributed by atoms with Gasteiger partial charge in [0.05, 0.1) is 29.7 Å². The molecule has 1 saturated carbocycles. The molecular weight excluding hydrogens is 648 g/mol. The molecule has 1 aliphatic carbocycles. The summed E-state index contributed by atoms with van der Waals surface area (Å²) in [4.78, 5) is 39.8. The van der Waals surface area contributed by atoms with E-state index < -0.39 is 44.0 Å². The molecule has 0 aromatic heterocycles. The number of sulfonamides is 1. The summed E-state index contributed by atoms with van der Waals surface area (Å²) in [5.74, 6) is -0.429. The van der Waals surface area contributed by atoms with Gasteiger partial charge in [0.1, 0.15) is 24.1 Å². The van der Waals surface area contributed by atoms with Gasteiger partial charge in [-0.1, -0.05) is 49.1 Å². The monoisotopic (exact) mass is 686 g/mol. The van der Waals surface area contributed by atoms with E-state index in [2.05, 4.69) is 5.32 Å². The molecule has 1 atom stereocenters.